The number of hydrogen-bond donors (Lipinski definition) is 1. The van der Waals surface area contributed by atoms with Crippen molar-refractivity contribution < 1.29 is 9.47 Å². The van der Waals surface area contributed by atoms with Crippen LogP contribution in [0, 0.1) is 6.92 Å². The van der Waals surface area contributed by atoms with Gasteiger partial charge in [-0.15, -0.1) is 0 Å². The zero-order valence-corrected chi connectivity index (χ0v) is 14.1. The molecule has 3 aromatic rings. The van der Waals surface area contributed by atoms with Gasteiger partial charge in [0.2, 0.25) is 0 Å². The SMILES string of the molecule is Cc1ccc(Oc2cccc3c(=O)cc(N4CCOCC4)[nH]c23)cc1. The lowest BCUT2D eigenvalue weighted by atomic mass is 10.2. The van der Waals surface area contributed by atoms with Crippen LogP contribution in [0.1, 0.15) is 5.56 Å². The number of pyridine rings is 1. The lowest BCUT2D eigenvalue weighted by molar-refractivity contribution is 0.122. The van der Waals surface area contributed by atoms with Crippen LogP contribution in [0.3, 0.4) is 0 Å². The van der Waals surface area contributed by atoms with E-state index in [1.165, 1.54) is 5.56 Å². The van der Waals surface area contributed by atoms with Gasteiger partial charge in [0.05, 0.1) is 18.7 Å². The number of nitrogens with zero attached hydrogens (tertiary/aromatic N) is 1. The molecular weight excluding hydrogens is 316 g/mol. The summed E-state index contributed by atoms with van der Waals surface area (Å²) < 4.78 is 11.4. The predicted molar refractivity (Wildman–Crippen MR) is 98.9 cm³/mol. The Morgan fingerprint density at radius 3 is 2.60 bits per heavy atom. The Bertz CT molecular complexity index is 941. The highest BCUT2D eigenvalue weighted by Gasteiger charge is 2.15. The van der Waals surface area contributed by atoms with Crippen molar-refractivity contribution >= 4 is 16.7 Å². The van der Waals surface area contributed by atoms with Crippen molar-refractivity contribution in [2.75, 3.05) is 31.2 Å². The van der Waals surface area contributed by atoms with Gasteiger partial charge in [-0.05, 0) is 31.2 Å². The molecule has 1 saturated heterocycles. The molecule has 4 rings (SSSR count). The Hall–Kier alpha value is -2.79. The number of para-hydroxylation sites is 1. The van der Waals surface area contributed by atoms with E-state index >= 15 is 0 Å². The standard InChI is InChI=1S/C20H20N2O3/c1-14-5-7-15(8-6-14)25-18-4-2-3-16-17(23)13-19(21-20(16)18)22-9-11-24-12-10-22/h2-8,13H,9-12H2,1H3,(H,21,23). The van der Waals surface area contributed by atoms with E-state index in [9.17, 15) is 4.79 Å². The molecule has 1 aliphatic heterocycles. The maximum Gasteiger partial charge on any atom is 0.191 e. The van der Waals surface area contributed by atoms with E-state index in [1.807, 2.05) is 49.4 Å². The molecule has 5 heteroatoms. The maximum atomic E-state index is 12.6. The molecule has 0 unspecified atom stereocenters. The first-order chi connectivity index (χ1) is 12.2. The van der Waals surface area contributed by atoms with E-state index in [2.05, 4.69) is 9.88 Å². The molecule has 25 heavy (non-hydrogen) atoms. The van der Waals surface area contributed by atoms with E-state index < -0.39 is 0 Å². The number of aromatic nitrogens is 1. The smallest absolute Gasteiger partial charge is 0.191 e. The van der Waals surface area contributed by atoms with Crippen molar-refractivity contribution in [3.8, 4) is 11.5 Å². The Balaban J connectivity index is 1.77. The van der Waals surface area contributed by atoms with Crippen LogP contribution in [0.2, 0.25) is 0 Å². The first-order valence-corrected chi connectivity index (χ1v) is 8.44. The summed E-state index contributed by atoms with van der Waals surface area (Å²) in [5.74, 6) is 2.20. The van der Waals surface area contributed by atoms with Crippen LogP contribution in [0.25, 0.3) is 10.9 Å². The highest BCUT2D eigenvalue weighted by atomic mass is 16.5. The van der Waals surface area contributed by atoms with E-state index in [-0.39, 0.29) is 5.43 Å². The van der Waals surface area contributed by atoms with Gasteiger partial charge in [0.25, 0.3) is 0 Å². The van der Waals surface area contributed by atoms with Crippen molar-refractivity contribution in [2.45, 2.75) is 6.92 Å². The molecule has 128 valence electrons. The maximum absolute atomic E-state index is 12.6. The fraction of sp³-hybridized carbons (Fsp3) is 0.250. The Morgan fingerprint density at radius 2 is 1.84 bits per heavy atom. The second-order valence-corrected chi connectivity index (χ2v) is 6.21. The highest BCUT2D eigenvalue weighted by Crippen LogP contribution is 2.29. The lowest BCUT2D eigenvalue weighted by Crippen LogP contribution is -2.37. The summed E-state index contributed by atoms with van der Waals surface area (Å²) in [7, 11) is 0. The molecule has 0 saturated carbocycles. The summed E-state index contributed by atoms with van der Waals surface area (Å²) in [6.07, 6.45) is 0. The Labute approximate surface area is 145 Å². The average Bonchev–Trinajstić information content (AvgIpc) is 2.65. The minimum atomic E-state index is -0.00963. The molecule has 0 atom stereocenters. The predicted octanol–water partition coefficient (Wildman–Crippen LogP) is 3.47. The number of ether oxygens (including phenoxy) is 2. The molecule has 0 amide bonds. The number of benzene rings is 2. The molecule has 5 nitrogen and oxygen atoms in total. The quantitative estimate of drug-likeness (QED) is 0.796. The lowest BCUT2D eigenvalue weighted by Gasteiger charge is -2.28. The van der Waals surface area contributed by atoms with Crippen molar-refractivity contribution in [1.29, 1.82) is 0 Å². The topological polar surface area (TPSA) is 54.6 Å². The van der Waals surface area contributed by atoms with Crippen LogP contribution < -0.4 is 15.1 Å². The minimum absolute atomic E-state index is 0.00963. The van der Waals surface area contributed by atoms with Gasteiger partial charge in [0.1, 0.15) is 11.6 Å². The summed E-state index contributed by atoms with van der Waals surface area (Å²) in [5, 5.41) is 0.627. The number of morpholine rings is 1. The molecule has 0 radical (unpaired) electrons. The number of hydrogen-bond acceptors (Lipinski definition) is 4. The van der Waals surface area contributed by atoms with Crippen LogP contribution >= 0.6 is 0 Å². The number of fused-ring (bicyclic) bond motifs is 1. The molecule has 0 spiro atoms. The molecule has 1 fully saturated rings. The van der Waals surface area contributed by atoms with Gasteiger partial charge in [-0.2, -0.15) is 0 Å². The fourth-order valence-electron chi connectivity index (χ4n) is 3.02. The van der Waals surface area contributed by atoms with Crippen molar-refractivity contribution in [3.63, 3.8) is 0 Å². The van der Waals surface area contributed by atoms with Crippen LogP contribution in [0.15, 0.2) is 53.3 Å². The van der Waals surface area contributed by atoms with Gasteiger partial charge in [-0.3, -0.25) is 4.79 Å². The first-order valence-electron chi connectivity index (χ1n) is 8.44. The first kappa shape index (κ1) is 15.7. The number of H-pyrrole nitrogens is 1. The van der Waals surface area contributed by atoms with E-state index in [0.29, 0.717) is 24.3 Å². The summed E-state index contributed by atoms with van der Waals surface area (Å²) in [6.45, 7) is 4.90. The van der Waals surface area contributed by atoms with Crippen LogP contribution in [0.5, 0.6) is 11.5 Å². The molecular formula is C20H20N2O3. The molecule has 1 N–H and O–H groups in total. The average molecular weight is 336 g/mol. The fourth-order valence-corrected chi connectivity index (χ4v) is 3.02. The third-order valence-electron chi connectivity index (χ3n) is 4.41. The number of rotatable bonds is 3. The molecule has 2 heterocycles. The van der Waals surface area contributed by atoms with Crippen LogP contribution in [-0.4, -0.2) is 31.3 Å². The monoisotopic (exact) mass is 336 g/mol. The molecule has 0 bridgehead atoms. The van der Waals surface area contributed by atoms with Gasteiger partial charge in [0, 0.05) is 24.5 Å². The molecule has 0 aliphatic carbocycles. The van der Waals surface area contributed by atoms with Crippen molar-refractivity contribution in [2.24, 2.45) is 0 Å². The summed E-state index contributed by atoms with van der Waals surface area (Å²) in [6, 6.07) is 15.1. The van der Waals surface area contributed by atoms with Crippen LogP contribution in [0.4, 0.5) is 5.82 Å². The zero-order chi connectivity index (χ0) is 17.2. The second-order valence-electron chi connectivity index (χ2n) is 6.21. The third-order valence-corrected chi connectivity index (χ3v) is 4.41. The van der Waals surface area contributed by atoms with E-state index in [1.54, 1.807) is 6.07 Å². The second kappa shape index (κ2) is 6.61. The third kappa shape index (κ3) is 3.23. The number of anilines is 1. The molecule has 2 aromatic carbocycles. The summed E-state index contributed by atoms with van der Waals surface area (Å²) in [5.41, 5.74) is 1.88. The normalized spacial score (nSPS) is 14.7. The van der Waals surface area contributed by atoms with Crippen molar-refractivity contribution in [1.82, 2.24) is 4.98 Å². The van der Waals surface area contributed by atoms with E-state index in [4.69, 9.17) is 9.47 Å². The number of nitrogens with one attached hydrogen (secondary N) is 1. The highest BCUT2D eigenvalue weighted by molar-refractivity contribution is 5.86. The van der Waals surface area contributed by atoms with E-state index in [0.717, 1.165) is 30.2 Å². The van der Waals surface area contributed by atoms with Crippen molar-refractivity contribution in [3.05, 3.63) is 64.3 Å². The molecule has 1 aromatic heterocycles. The summed E-state index contributed by atoms with van der Waals surface area (Å²) >= 11 is 0. The van der Waals surface area contributed by atoms with Gasteiger partial charge in [-0.25, -0.2) is 0 Å². The number of aryl methyl sites for hydroxylation is 1. The Morgan fingerprint density at radius 1 is 1.08 bits per heavy atom. The van der Waals surface area contributed by atoms with Gasteiger partial charge >= 0.3 is 0 Å². The summed E-state index contributed by atoms with van der Waals surface area (Å²) in [4.78, 5) is 18.1. The van der Waals surface area contributed by atoms with Gasteiger partial charge < -0.3 is 19.4 Å². The van der Waals surface area contributed by atoms with Gasteiger partial charge in [-0.1, -0.05) is 23.8 Å². The number of aromatic amines is 1. The van der Waals surface area contributed by atoms with Gasteiger partial charge in [0.15, 0.2) is 11.2 Å². The van der Waals surface area contributed by atoms with Crippen LogP contribution in [-0.2, 0) is 4.74 Å². The Kier molecular flexibility index (Phi) is 4.15. The zero-order valence-electron chi connectivity index (χ0n) is 14.1. The minimum Gasteiger partial charge on any atom is -0.455 e. The largest absolute Gasteiger partial charge is 0.455 e. The molecule has 1 aliphatic rings.